The summed E-state index contributed by atoms with van der Waals surface area (Å²) in [6.45, 7) is 7.05. The Hall–Kier alpha value is -2.54. The van der Waals surface area contributed by atoms with Crippen LogP contribution < -0.4 is 9.47 Å². The minimum absolute atomic E-state index is 0.00847. The van der Waals surface area contributed by atoms with Crippen molar-refractivity contribution in [3.05, 3.63) is 42.0 Å². The standard InChI is InChI=1S/C19H26N4O3/c1-15-20-7-8-22(15)12-9-21-10-13-23(14-11-21)19(24)16-5-4-6-17(25-2)18(16)26-3/h4-8H,9-14H2,1-3H3. The summed E-state index contributed by atoms with van der Waals surface area (Å²) in [5.41, 5.74) is 0.550. The van der Waals surface area contributed by atoms with Crippen LogP contribution in [-0.2, 0) is 6.54 Å². The molecule has 0 radical (unpaired) electrons. The zero-order chi connectivity index (χ0) is 18.5. The molecule has 1 aromatic carbocycles. The number of aryl methyl sites for hydroxylation is 1. The van der Waals surface area contributed by atoms with Gasteiger partial charge in [0.2, 0.25) is 0 Å². The molecule has 7 nitrogen and oxygen atoms in total. The highest BCUT2D eigenvalue weighted by atomic mass is 16.5. The van der Waals surface area contributed by atoms with Crippen molar-refractivity contribution in [2.45, 2.75) is 13.5 Å². The lowest BCUT2D eigenvalue weighted by molar-refractivity contribution is 0.0629. The van der Waals surface area contributed by atoms with Gasteiger partial charge < -0.3 is 18.9 Å². The van der Waals surface area contributed by atoms with Gasteiger partial charge in [0.15, 0.2) is 11.5 Å². The second-order valence-electron chi connectivity index (χ2n) is 6.34. The Morgan fingerprint density at radius 1 is 1.12 bits per heavy atom. The summed E-state index contributed by atoms with van der Waals surface area (Å²) < 4.78 is 12.8. The van der Waals surface area contributed by atoms with Gasteiger partial charge in [-0.1, -0.05) is 6.07 Å². The highest BCUT2D eigenvalue weighted by molar-refractivity contribution is 5.97. The molecule has 140 valence electrons. The summed E-state index contributed by atoms with van der Waals surface area (Å²) in [5.74, 6) is 2.10. The lowest BCUT2D eigenvalue weighted by atomic mass is 10.1. The van der Waals surface area contributed by atoms with Crippen LogP contribution in [0.2, 0.25) is 0 Å². The van der Waals surface area contributed by atoms with E-state index in [-0.39, 0.29) is 5.91 Å². The third-order valence-electron chi connectivity index (χ3n) is 4.87. The summed E-state index contributed by atoms with van der Waals surface area (Å²) in [7, 11) is 3.14. The number of para-hydroxylation sites is 1. The van der Waals surface area contributed by atoms with Crippen LogP contribution in [-0.4, -0.2) is 72.2 Å². The number of hydrogen-bond donors (Lipinski definition) is 0. The minimum Gasteiger partial charge on any atom is -0.493 e. The second kappa shape index (κ2) is 8.23. The Morgan fingerprint density at radius 3 is 2.50 bits per heavy atom. The average molecular weight is 358 g/mol. The van der Waals surface area contributed by atoms with Crippen molar-refractivity contribution in [1.29, 1.82) is 0 Å². The molecule has 7 heteroatoms. The predicted octanol–water partition coefficient (Wildman–Crippen LogP) is 1.67. The quantitative estimate of drug-likeness (QED) is 0.786. The summed E-state index contributed by atoms with van der Waals surface area (Å²) >= 11 is 0. The number of hydrogen-bond acceptors (Lipinski definition) is 5. The first kappa shape index (κ1) is 18.3. The highest BCUT2D eigenvalue weighted by Crippen LogP contribution is 2.31. The van der Waals surface area contributed by atoms with E-state index in [1.54, 1.807) is 26.4 Å². The maximum absolute atomic E-state index is 12.9. The van der Waals surface area contributed by atoms with E-state index in [0.717, 1.165) is 32.0 Å². The predicted molar refractivity (Wildman–Crippen MR) is 98.9 cm³/mol. The molecule has 0 atom stereocenters. The summed E-state index contributed by atoms with van der Waals surface area (Å²) in [6, 6.07) is 5.40. The molecule has 1 amide bonds. The lowest BCUT2D eigenvalue weighted by Gasteiger charge is -2.35. The molecule has 0 bridgehead atoms. The second-order valence-corrected chi connectivity index (χ2v) is 6.34. The van der Waals surface area contributed by atoms with Crippen molar-refractivity contribution >= 4 is 5.91 Å². The molecular formula is C19H26N4O3. The number of piperazine rings is 1. The van der Waals surface area contributed by atoms with Gasteiger partial charge in [0.25, 0.3) is 5.91 Å². The van der Waals surface area contributed by atoms with Gasteiger partial charge in [0.05, 0.1) is 19.8 Å². The Balaban J connectivity index is 1.58. The smallest absolute Gasteiger partial charge is 0.257 e. The molecule has 0 unspecified atom stereocenters. The number of carbonyl (C=O) groups excluding carboxylic acids is 1. The topological polar surface area (TPSA) is 59.8 Å². The van der Waals surface area contributed by atoms with Gasteiger partial charge in [0.1, 0.15) is 5.82 Å². The van der Waals surface area contributed by atoms with Crippen molar-refractivity contribution < 1.29 is 14.3 Å². The highest BCUT2D eigenvalue weighted by Gasteiger charge is 2.25. The van der Waals surface area contributed by atoms with Crippen LogP contribution in [0.25, 0.3) is 0 Å². The number of benzene rings is 1. The molecule has 0 spiro atoms. The van der Waals surface area contributed by atoms with Gasteiger partial charge in [-0.25, -0.2) is 4.98 Å². The Labute approximate surface area is 154 Å². The van der Waals surface area contributed by atoms with Crippen LogP contribution in [0.3, 0.4) is 0 Å². The molecule has 1 aliphatic rings. The van der Waals surface area contributed by atoms with Crippen LogP contribution in [0.15, 0.2) is 30.6 Å². The number of methoxy groups -OCH3 is 2. The number of carbonyl (C=O) groups is 1. The van der Waals surface area contributed by atoms with Gasteiger partial charge in [0, 0.05) is 51.7 Å². The summed E-state index contributed by atoms with van der Waals surface area (Å²) in [4.78, 5) is 21.4. The van der Waals surface area contributed by atoms with Gasteiger partial charge in [-0.2, -0.15) is 0 Å². The van der Waals surface area contributed by atoms with Crippen molar-refractivity contribution in [3.8, 4) is 11.5 Å². The fourth-order valence-electron chi connectivity index (χ4n) is 3.29. The number of rotatable bonds is 6. The maximum Gasteiger partial charge on any atom is 0.257 e. The third kappa shape index (κ3) is 3.83. The van der Waals surface area contributed by atoms with Gasteiger partial charge in [-0.3, -0.25) is 9.69 Å². The normalized spacial score (nSPS) is 15.1. The molecule has 0 saturated carbocycles. The molecule has 26 heavy (non-hydrogen) atoms. The molecule has 2 aromatic rings. The maximum atomic E-state index is 12.9. The summed E-state index contributed by atoms with van der Waals surface area (Å²) in [5, 5.41) is 0. The van der Waals surface area contributed by atoms with Crippen LogP contribution in [0.5, 0.6) is 11.5 Å². The first-order chi connectivity index (χ1) is 12.6. The molecular weight excluding hydrogens is 332 g/mol. The largest absolute Gasteiger partial charge is 0.493 e. The SMILES string of the molecule is COc1cccc(C(=O)N2CCN(CCn3ccnc3C)CC2)c1OC. The molecule has 3 rings (SSSR count). The number of nitrogens with zero attached hydrogens (tertiary/aromatic N) is 4. The Morgan fingerprint density at radius 2 is 1.88 bits per heavy atom. The zero-order valence-electron chi connectivity index (χ0n) is 15.6. The molecule has 2 heterocycles. The first-order valence-electron chi connectivity index (χ1n) is 8.84. The molecule has 1 saturated heterocycles. The fourth-order valence-corrected chi connectivity index (χ4v) is 3.29. The number of amides is 1. The van der Waals surface area contributed by atoms with Crippen molar-refractivity contribution in [1.82, 2.24) is 19.4 Å². The van der Waals surface area contributed by atoms with E-state index < -0.39 is 0 Å². The van der Waals surface area contributed by atoms with E-state index in [2.05, 4.69) is 14.5 Å². The van der Waals surface area contributed by atoms with Crippen molar-refractivity contribution in [2.24, 2.45) is 0 Å². The van der Waals surface area contributed by atoms with Crippen LogP contribution >= 0.6 is 0 Å². The molecule has 1 aromatic heterocycles. The van der Waals surface area contributed by atoms with E-state index in [1.807, 2.05) is 30.3 Å². The number of imidazole rings is 1. The lowest BCUT2D eigenvalue weighted by Crippen LogP contribution is -2.49. The van der Waals surface area contributed by atoms with E-state index in [4.69, 9.17) is 9.47 Å². The molecule has 0 aliphatic carbocycles. The fraction of sp³-hybridized carbons (Fsp3) is 0.474. The average Bonchev–Trinajstić information content (AvgIpc) is 3.10. The van der Waals surface area contributed by atoms with E-state index in [9.17, 15) is 4.79 Å². The van der Waals surface area contributed by atoms with E-state index in [0.29, 0.717) is 30.2 Å². The molecule has 0 N–H and O–H groups in total. The van der Waals surface area contributed by atoms with Gasteiger partial charge in [-0.05, 0) is 19.1 Å². The zero-order valence-corrected chi connectivity index (χ0v) is 15.6. The van der Waals surface area contributed by atoms with Crippen LogP contribution in [0.1, 0.15) is 16.2 Å². The molecule has 1 fully saturated rings. The number of ether oxygens (including phenoxy) is 2. The van der Waals surface area contributed by atoms with Crippen LogP contribution in [0, 0.1) is 6.92 Å². The minimum atomic E-state index is -0.00847. The number of aromatic nitrogens is 2. The van der Waals surface area contributed by atoms with Gasteiger partial charge in [-0.15, -0.1) is 0 Å². The van der Waals surface area contributed by atoms with Gasteiger partial charge >= 0.3 is 0 Å². The van der Waals surface area contributed by atoms with Crippen molar-refractivity contribution in [2.75, 3.05) is 46.9 Å². The van der Waals surface area contributed by atoms with Crippen molar-refractivity contribution in [3.63, 3.8) is 0 Å². The first-order valence-corrected chi connectivity index (χ1v) is 8.84. The Kier molecular flexibility index (Phi) is 5.78. The van der Waals surface area contributed by atoms with E-state index >= 15 is 0 Å². The Bertz CT molecular complexity index is 751. The third-order valence-corrected chi connectivity index (χ3v) is 4.87. The monoisotopic (exact) mass is 358 g/mol. The van der Waals surface area contributed by atoms with Crippen LogP contribution in [0.4, 0.5) is 0 Å². The van der Waals surface area contributed by atoms with E-state index in [1.165, 1.54) is 0 Å². The summed E-state index contributed by atoms with van der Waals surface area (Å²) in [6.07, 6.45) is 3.83. The molecule has 1 aliphatic heterocycles.